The van der Waals surface area contributed by atoms with Gasteiger partial charge in [-0.2, -0.15) is 0 Å². The summed E-state index contributed by atoms with van der Waals surface area (Å²) < 4.78 is 5.40. The van der Waals surface area contributed by atoms with Gasteiger partial charge < -0.3 is 10.1 Å². The van der Waals surface area contributed by atoms with E-state index in [0.29, 0.717) is 11.8 Å². The molecule has 0 spiro atoms. The van der Waals surface area contributed by atoms with Crippen LogP contribution in [-0.2, 0) is 4.74 Å². The molecule has 0 saturated carbocycles. The first-order valence-electron chi connectivity index (χ1n) is 6.77. The summed E-state index contributed by atoms with van der Waals surface area (Å²) in [6, 6.07) is 0. The van der Waals surface area contributed by atoms with Crippen molar-refractivity contribution in [1.82, 2.24) is 9.97 Å². The molecule has 0 aliphatic carbocycles. The van der Waals surface area contributed by atoms with E-state index < -0.39 is 0 Å². The maximum absolute atomic E-state index is 5.40. The van der Waals surface area contributed by atoms with Gasteiger partial charge in [-0.05, 0) is 25.7 Å². The monoisotopic (exact) mass is 249 g/mol. The van der Waals surface area contributed by atoms with Crippen molar-refractivity contribution in [2.24, 2.45) is 0 Å². The minimum atomic E-state index is 0.441. The molecule has 1 fully saturated rings. The number of rotatable bonds is 3. The highest BCUT2D eigenvalue weighted by atomic mass is 16.5. The predicted molar refractivity (Wildman–Crippen MR) is 73.2 cm³/mol. The highest BCUT2D eigenvalue weighted by molar-refractivity contribution is 5.48. The summed E-state index contributed by atoms with van der Waals surface area (Å²) in [4.78, 5) is 9.44. The van der Waals surface area contributed by atoms with Crippen LogP contribution in [-0.4, -0.2) is 30.2 Å². The number of nitrogens with zero attached hydrogens (tertiary/aromatic N) is 2. The molecule has 18 heavy (non-hydrogen) atoms. The van der Waals surface area contributed by atoms with Crippen LogP contribution in [0.2, 0.25) is 0 Å². The van der Waals surface area contributed by atoms with E-state index in [4.69, 9.17) is 14.7 Å². The lowest BCUT2D eigenvalue weighted by atomic mass is 9.97. The molecule has 0 atom stereocenters. The van der Waals surface area contributed by atoms with Crippen LogP contribution in [0.25, 0.3) is 0 Å². The van der Waals surface area contributed by atoms with Crippen molar-refractivity contribution in [3.63, 3.8) is 0 Å². The van der Waals surface area contributed by atoms with Crippen LogP contribution >= 0.6 is 0 Å². The molecular formula is C14H23N3O. The highest BCUT2D eigenvalue weighted by Crippen LogP contribution is 2.30. The van der Waals surface area contributed by atoms with E-state index in [1.165, 1.54) is 5.56 Å². The zero-order valence-corrected chi connectivity index (χ0v) is 11.8. The Morgan fingerprint density at radius 3 is 2.44 bits per heavy atom. The molecule has 0 bridgehead atoms. The van der Waals surface area contributed by atoms with Gasteiger partial charge in [0.05, 0.1) is 0 Å². The van der Waals surface area contributed by atoms with Gasteiger partial charge in [-0.3, -0.25) is 0 Å². The molecule has 2 rings (SSSR count). The Hall–Kier alpha value is -1.16. The molecule has 2 heterocycles. The number of hydrogen-bond donors (Lipinski definition) is 1. The normalized spacial score (nSPS) is 17.2. The lowest BCUT2D eigenvalue weighted by molar-refractivity contribution is 0.0835. The van der Waals surface area contributed by atoms with E-state index in [1.807, 2.05) is 7.05 Å². The van der Waals surface area contributed by atoms with Gasteiger partial charge in [-0.1, -0.05) is 13.8 Å². The first-order chi connectivity index (χ1) is 8.63. The fraction of sp³-hybridized carbons (Fsp3) is 0.714. The third kappa shape index (κ3) is 2.64. The number of hydrogen-bond acceptors (Lipinski definition) is 4. The molecule has 1 N–H and O–H groups in total. The molecule has 4 heteroatoms. The summed E-state index contributed by atoms with van der Waals surface area (Å²) in [6.45, 7) is 8.10. The Morgan fingerprint density at radius 1 is 1.22 bits per heavy atom. The third-order valence-electron chi connectivity index (χ3n) is 3.55. The molecule has 0 unspecified atom stereocenters. The van der Waals surface area contributed by atoms with E-state index in [0.717, 1.165) is 43.4 Å². The second kappa shape index (κ2) is 5.65. The van der Waals surface area contributed by atoms with Crippen molar-refractivity contribution in [3.8, 4) is 0 Å². The summed E-state index contributed by atoms with van der Waals surface area (Å²) in [5, 5.41) is 3.21. The van der Waals surface area contributed by atoms with Gasteiger partial charge in [0.25, 0.3) is 0 Å². The van der Waals surface area contributed by atoms with Crippen molar-refractivity contribution in [3.05, 3.63) is 17.1 Å². The average Bonchev–Trinajstić information content (AvgIpc) is 2.38. The molecular weight excluding hydrogens is 226 g/mol. The van der Waals surface area contributed by atoms with E-state index in [2.05, 4.69) is 26.1 Å². The molecule has 0 amide bonds. The van der Waals surface area contributed by atoms with Crippen LogP contribution in [0.5, 0.6) is 0 Å². The Bertz CT molecular complexity index is 412. The Kier molecular flexibility index (Phi) is 4.17. The molecule has 1 aliphatic heterocycles. The van der Waals surface area contributed by atoms with Crippen LogP contribution in [0.1, 0.15) is 55.6 Å². The first kappa shape index (κ1) is 13.3. The van der Waals surface area contributed by atoms with Gasteiger partial charge >= 0.3 is 0 Å². The van der Waals surface area contributed by atoms with E-state index in [9.17, 15) is 0 Å². The Morgan fingerprint density at radius 2 is 1.89 bits per heavy atom. The van der Waals surface area contributed by atoms with Crippen LogP contribution in [0.15, 0.2) is 0 Å². The topological polar surface area (TPSA) is 47.0 Å². The van der Waals surface area contributed by atoms with Gasteiger partial charge in [0, 0.05) is 37.4 Å². The number of nitrogens with one attached hydrogen (secondary N) is 1. The fourth-order valence-corrected chi connectivity index (χ4v) is 2.62. The van der Waals surface area contributed by atoms with Gasteiger partial charge in [0.15, 0.2) is 0 Å². The van der Waals surface area contributed by atoms with Gasteiger partial charge in [-0.15, -0.1) is 0 Å². The van der Waals surface area contributed by atoms with E-state index in [1.54, 1.807) is 0 Å². The van der Waals surface area contributed by atoms with Crippen molar-refractivity contribution >= 4 is 5.82 Å². The predicted octanol–water partition coefficient (Wildman–Crippen LogP) is 2.84. The number of ether oxygens (including phenoxy) is 1. The maximum atomic E-state index is 5.40. The van der Waals surface area contributed by atoms with Gasteiger partial charge in [0.2, 0.25) is 0 Å². The Balaban J connectivity index is 2.35. The lowest BCUT2D eigenvalue weighted by Crippen LogP contribution is -2.18. The molecule has 1 aromatic rings. The van der Waals surface area contributed by atoms with E-state index in [-0.39, 0.29) is 0 Å². The molecule has 0 aromatic carbocycles. The quantitative estimate of drug-likeness (QED) is 0.894. The summed E-state index contributed by atoms with van der Waals surface area (Å²) >= 11 is 0. The standard InChI is InChI=1S/C14H23N3O/c1-9(2)12-10(3)16-13(17-14(12)15-4)11-5-7-18-8-6-11/h9,11H,5-8H2,1-4H3,(H,15,16,17). The van der Waals surface area contributed by atoms with Crippen LogP contribution < -0.4 is 5.32 Å². The number of aryl methyl sites for hydroxylation is 1. The molecule has 1 aliphatic rings. The minimum Gasteiger partial charge on any atom is -0.381 e. The molecule has 1 saturated heterocycles. The lowest BCUT2D eigenvalue weighted by Gasteiger charge is -2.23. The summed E-state index contributed by atoms with van der Waals surface area (Å²) in [5.74, 6) is 2.85. The molecule has 0 radical (unpaired) electrons. The summed E-state index contributed by atoms with van der Waals surface area (Å²) in [7, 11) is 1.93. The van der Waals surface area contributed by atoms with Crippen molar-refractivity contribution in [1.29, 1.82) is 0 Å². The molecule has 1 aromatic heterocycles. The highest BCUT2D eigenvalue weighted by Gasteiger charge is 2.21. The molecule has 4 nitrogen and oxygen atoms in total. The zero-order valence-electron chi connectivity index (χ0n) is 11.8. The molecule has 100 valence electrons. The van der Waals surface area contributed by atoms with Gasteiger partial charge in [-0.25, -0.2) is 9.97 Å². The second-order valence-electron chi connectivity index (χ2n) is 5.22. The van der Waals surface area contributed by atoms with Crippen molar-refractivity contribution in [2.45, 2.75) is 45.4 Å². The SMILES string of the molecule is CNc1nc(C2CCOCC2)nc(C)c1C(C)C. The summed E-state index contributed by atoms with van der Waals surface area (Å²) in [5.41, 5.74) is 2.33. The number of aromatic nitrogens is 2. The van der Waals surface area contributed by atoms with Crippen LogP contribution in [0.4, 0.5) is 5.82 Å². The smallest absolute Gasteiger partial charge is 0.134 e. The first-order valence-corrected chi connectivity index (χ1v) is 6.77. The average molecular weight is 249 g/mol. The summed E-state index contributed by atoms with van der Waals surface area (Å²) in [6.07, 6.45) is 2.06. The largest absolute Gasteiger partial charge is 0.381 e. The van der Waals surface area contributed by atoms with Crippen LogP contribution in [0, 0.1) is 6.92 Å². The maximum Gasteiger partial charge on any atom is 0.134 e. The fourth-order valence-electron chi connectivity index (χ4n) is 2.62. The van der Waals surface area contributed by atoms with Crippen molar-refractivity contribution < 1.29 is 4.74 Å². The Labute approximate surface area is 109 Å². The zero-order chi connectivity index (χ0) is 13.1. The van der Waals surface area contributed by atoms with E-state index >= 15 is 0 Å². The van der Waals surface area contributed by atoms with Crippen LogP contribution in [0.3, 0.4) is 0 Å². The third-order valence-corrected chi connectivity index (χ3v) is 3.55. The minimum absolute atomic E-state index is 0.441. The second-order valence-corrected chi connectivity index (χ2v) is 5.22. The van der Waals surface area contributed by atoms with Crippen molar-refractivity contribution in [2.75, 3.05) is 25.6 Å². The number of anilines is 1. The van der Waals surface area contributed by atoms with Gasteiger partial charge in [0.1, 0.15) is 11.6 Å².